The smallest absolute Gasteiger partial charge is 0.325 e. The van der Waals surface area contributed by atoms with E-state index in [-0.39, 0.29) is 12.5 Å². The predicted molar refractivity (Wildman–Crippen MR) is 73.8 cm³/mol. The van der Waals surface area contributed by atoms with Gasteiger partial charge in [0.05, 0.1) is 7.11 Å². The summed E-state index contributed by atoms with van der Waals surface area (Å²) in [5.74, 6) is -0.493. The van der Waals surface area contributed by atoms with E-state index in [4.69, 9.17) is 0 Å². The number of hydrogen-bond donors (Lipinski definition) is 1. The number of nitrogens with one attached hydrogen (secondary N) is 1. The van der Waals surface area contributed by atoms with Crippen molar-refractivity contribution in [3.63, 3.8) is 0 Å². The second kappa shape index (κ2) is 8.91. The van der Waals surface area contributed by atoms with Gasteiger partial charge in [0.1, 0.15) is 6.54 Å². The highest BCUT2D eigenvalue weighted by Gasteiger charge is 2.20. The average Bonchev–Trinajstić information content (AvgIpc) is 2.46. The molecule has 1 aliphatic carbocycles. The highest BCUT2D eigenvalue weighted by molar-refractivity contribution is 5.81. The minimum absolute atomic E-state index is 0.0368. The van der Waals surface area contributed by atoms with E-state index in [1.54, 1.807) is 0 Å². The van der Waals surface area contributed by atoms with Crippen LogP contribution in [-0.2, 0) is 14.3 Å². The van der Waals surface area contributed by atoms with Gasteiger partial charge in [-0.05, 0) is 19.4 Å². The minimum atomic E-state index is -0.409. The van der Waals surface area contributed by atoms with Crippen molar-refractivity contribution in [1.29, 1.82) is 0 Å². The monoisotopic (exact) mass is 270 g/mol. The molecule has 5 nitrogen and oxygen atoms in total. The van der Waals surface area contributed by atoms with Crippen LogP contribution < -0.4 is 5.32 Å². The summed E-state index contributed by atoms with van der Waals surface area (Å²) < 4.78 is 4.48. The Labute approximate surface area is 115 Å². The molecule has 0 aromatic carbocycles. The Balaban J connectivity index is 2.24. The SMILES string of the molecule is CCN(CCC(=O)NCC(=O)OC)C1CCCCC1. The van der Waals surface area contributed by atoms with Gasteiger partial charge in [0.15, 0.2) is 0 Å². The molecule has 1 N–H and O–H groups in total. The molecule has 1 fully saturated rings. The Morgan fingerprint density at radius 2 is 1.95 bits per heavy atom. The van der Waals surface area contributed by atoms with Crippen LogP contribution in [-0.4, -0.2) is 49.6 Å². The molecule has 1 amide bonds. The lowest BCUT2D eigenvalue weighted by molar-refractivity contribution is -0.141. The number of methoxy groups -OCH3 is 1. The Kier molecular flexibility index (Phi) is 7.48. The van der Waals surface area contributed by atoms with Gasteiger partial charge in [-0.2, -0.15) is 0 Å². The van der Waals surface area contributed by atoms with E-state index < -0.39 is 5.97 Å². The number of carbonyl (C=O) groups is 2. The molecule has 0 unspecified atom stereocenters. The largest absolute Gasteiger partial charge is 0.468 e. The van der Waals surface area contributed by atoms with Crippen LogP contribution in [0.25, 0.3) is 0 Å². The van der Waals surface area contributed by atoms with E-state index in [9.17, 15) is 9.59 Å². The molecule has 0 saturated heterocycles. The van der Waals surface area contributed by atoms with E-state index in [0.29, 0.717) is 12.5 Å². The zero-order valence-corrected chi connectivity index (χ0v) is 12.1. The molecule has 0 bridgehead atoms. The maximum Gasteiger partial charge on any atom is 0.325 e. The van der Waals surface area contributed by atoms with Gasteiger partial charge < -0.3 is 15.0 Å². The van der Waals surface area contributed by atoms with Crippen LogP contribution in [0.3, 0.4) is 0 Å². The predicted octanol–water partition coefficient (Wildman–Crippen LogP) is 1.32. The number of esters is 1. The molecule has 19 heavy (non-hydrogen) atoms. The van der Waals surface area contributed by atoms with Crippen molar-refractivity contribution in [3.8, 4) is 0 Å². The molecule has 1 rings (SSSR count). The Bertz CT molecular complexity index is 288. The van der Waals surface area contributed by atoms with Gasteiger partial charge in [0.25, 0.3) is 0 Å². The second-order valence-corrected chi connectivity index (χ2v) is 5.02. The van der Waals surface area contributed by atoms with Gasteiger partial charge in [0, 0.05) is 19.0 Å². The first-order chi connectivity index (χ1) is 9.17. The van der Waals surface area contributed by atoms with Crippen LogP contribution in [0.5, 0.6) is 0 Å². The summed E-state index contributed by atoms with van der Waals surface area (Å²) in [5.41, 5.74) is 0. The molecule has 0 aromatic heterocycles. The fraction of sp³-hybridized carbons (Fsp3) is 0.857. The van der Waals surface area contributed by atoms with E-state index in [2.05, 4.69) is 21.9 Å². The molecular weight excluding hydrogens is 244 g/mol. The first-order valence-electron chi connectivity index (χ1n) is 7.25. The minimum Gasteiger partial charge on any atom is -0.468 e. The fourth-order valence-corrected chi connectivity index (χ4v) is 2.62. The molecule has 0 atom stereocenters. The average molecular weight is 270 g/mol. The van der Waals surface area contributed by atoms with Crippen LogP contribution >= 0.6 is 0 Å². The fourth-order valence-electron chi connectivity index (χ4n) is 2.62. The maximum absolute atomic E-state index is 11.6. The third kappa shape index (κ3) is 6.05. The molecule has 1 aliphatic rings. The summed E-state index contributed by atoms with van der Waals surface area (Å²) in [5, 5.41) is 2.58. The summed E-state index contributed by atoms with van der Waals surface area (Å²) in [6, 6.07) is 0.632. The van der Waals surface area contributed by atoms with E-state index >= 15 is 0 Å². The van der Waals surface area contributed by atoms with Crippen molar-refractivity contribution in [3.05, 3.63) is 0 Å². The lowest BCUT2D eigenvalue weighted by Gasteiger charge is -2.33. The summed E-state index contributed by atoms with van der Waals surface area (Å²) in [7, 11) is 1.32. The second-order valence-electron chi connectivity index (χ2n) is 5.02. The quantitative estimate of drug-likeness (QED) is 0.709. The third-order valence-electron chi connectivity index (χ3n) is 3.78. The van der Waals surface area contributed by atoms with Crippen molar-refractivity contribution >= 4 is 11.9 Å². The van der Waals surface area contributed by atoms with Gasteiger partial charge in [-0.1, -0.05) is 26.2 Å². The topological polar surface area (TPSA) is 58.6 Å². The molecule has 0 aromatic rings. The van der Waals surface area contributed by atoms with Crippen molar-refractivity contribution in [1.82, 2.24) is 10.2 Å². The van der Waals surface area contributed by atoms with Gasteiger partial charge in [0.2, 0.25) is 5.91 Å². The third-order valence-corrected chi connectivity index (χ3v) is 3.78. The molecule has 1 saturated carbocycles. The van der Waals surface area contributed by atoms with Crippen LogP contribution in [0.15, 0.2) is 0 Å². The van der Waals surface area contributed by atoms with Crippen LogP contribution in [0.1, 0.15) is 45.4 Å². The zero-order chi connectivity index (χ0) is 14.1. The highest BCUT2D eigenvalue weighted by Crippen LogP contribution is 2.22. The summed E-state index contributed by atoms with van der Waals surface area (Å²) >= 11 is 0. The van der Waals surface area contributed by atoms with Crippen LogP contribution in [0, 0.1) is 0 Å². The van der Waals surface area contributed by atoms with E-state index in [0.717, 1.165) is 13.1 Å². The van der Waals surface area contributed by atoms with Gasteiger partial charge in [-0.15, -0.1) is 0 Å². The number of nitrogens with zero attached hydrogens (tertiary/aromatic N) is 1. The van der Waals surface area contributed by atoms with Gasteiger partial charge in [-0.25, -0.2) is 0 Å². The lowest BCUT2D eigenvalue weighted by Crippen LogP contribution is -2.39. The Hall–Kier alpha value is -1.10. The van der Waals surface area contributed by atoms with Crippen molar-refractivity contribution in [2.24, 2.45) is 0 Å². The first kappa shape index (κ1) is 16.0. The molecule has 0 heterocycles. The number of ether oxygens (including phenoxy) is 1. The summed E-state index contributed by atoms with van der Waals surface area (Å²) in [4.78, 5) is 24.9. The van der Waals surface area contributed by atoms with E-state index in [1.807, 2.05) is 0 Å². The standard InChI is InChI=1S/C14H26N2O3/c1-3-16(12-7-5-4-6-8-12)10-9-13(17)15-11-14(18)19-2/h12H,3-11H2,1-2H3,(H,15,17). The molecule has 0 aliphatic heterocycles. The Morgan fingerprint density at radius 3 is 2.53 bits per heavy atom. The normalized spacial score (nSPS) is 16.4. The van der Waals surface area contributed by atoms with Crippen molar-refractivity contribution in [2.75, 3.05) is 26.7 Å². The summed E-state index contributed by atoms with van der Waals surface area (Å²) in [6.07, 6.45) is 6.88. The molecule has 0 spiro atoms. The Morgan fingerprint density at radius 1 is 1.26 bits per heavy atom. The number of amides is 1. The number of rotatable bonds is 7. The zero-order valence-electron chi connectivity index (χ0n) is 12.1. The maximum atomic E-state index is 11.6. The lowest BCUT2D eigenvalue weighted by atomic mass is 9.94. The molecule has 0 radical (unpaired) electrons. The van der Waals surface area contributed by atoms with Crippen LogP contribution in [0.4, 0.5) is 0 Å². The molecule has 110 valence electrons. The highest BCUT2D eigenvalue weighted by atomic mass is 16.5. The van der Waals surface area contributed by atoms with Crippen LogP contribution in [0.2, 0.25) is 0 Å². The summed E-state index contributed by atoms with van der Waals surface area (Å²) in [6.45, 7) is 3.86. The number of carbonyl (C=O) groups excluding carboxylic acids is 2. The van der Waals surface area contributed by atoms with Crippen molar-refractivity contribution in [2.45, 2.75) is 51.5 Å². The number of hydrogen-bond acceptors (Lipinski definition) is 4. The molecular formula is C14H26N2O3. The molecule has 5 heteroatoms. The first-order valence-corrected chi connectivity index (χ1v) is 7.25. The van der Waals surface area contributed by atoms with Gasteiger partial charge >= 0.3 is 5.97 Å². The van der Waals surface area contributed by atoms with E-state index in [1.165, 1.54) is 39.2 Å². The van der Waals surface area contributed by atoms with Gasteiger partial charge in [-0.3, -0.25) is 9.59 Å². The van der Waals surface area contributed by atoms with Crippen molar-refractivity contribution < 1.29 is 14.3 Å².